The molecular formula is C49H57OP. The fraction of sp³-hybridized carbons (Fsp3) is 0.347. The maximum Gasteiger partial charge on any atom is 0.127 e. The van der Waals surface area contributed by atoms with Crippen molar-refractivity contribution in [3.05, 3.63) is 131 Å². The second-order valence-electron chi connectivity index (χ2n) is 18.4. The SMILES string of the molecule is COc1ccc2ccccc2c1-c1c(P(c2cc(C(C)(C)C)cc(C(C)(C)C)c2)c2cc(C(C)(C)C)cc(C(C)(C)C)c2)ccc2ccccc12. The summed E-state index contributed by atoms with van der Waals surface area (Å²) in [5, 5.41) is 9.05. The molecule has 6 rings (SSSR count). The molecule has 0 N–H and O–H groups in total. The minimum atomic E-state index is -1.05. The molecule has 1 nitrogen and oxygen atoms in total. The highest BCUT2D eigenvalue weighted by molar-refractivity contribution is 7.80. The molecular weight excluding hydrogens is 636 g/mol. The third kappa shape index (κ3) is 7.39. The molecule has 0 aliphatic rings. The van der Waals surface area contributed by atoms with Crippen molar-refractivity contribution >= 4 is 45.4 Å². The van der Waals surface area contributed by atoms with E-state index in [1.54, 1.807) is 0 Å². The van der Waals surface area contributed by atoms with Gasteiger partial charge in [0.1, 0.15) is 5.75 Å². The fourth-order valence-corrected chi connectivity index (χ4v) is 9.64. The number of hydrogen-bond acceptors (Lipinski definition) is 1. The summed E-state index contributed by atoms with van der Waals surface area (Å²) in [6.45, 7) is 28.2. The van der Waals surface area contributed by atoms with Gasteiger partial charge in [0.15, 0.2) is 0 Å². The monoisotopic (exact) mass is 692 g/mol. The van der Waals surface area contributed by atoms with E-state index in [0.717, 1.165) is 5.75 Å². The normalized spacial score (nSPS) is 13.0. The third-order valence-corrected chi connectivity index (χ3v) is 12.7. The zero-order chi connectivity index (χ0) is 37.1. The molecule has 264 valence electrons. The minimum Gasteiger partial charge on any atom is -0.496 e. The van der Waals surface area contributed by atoms with Gasteiger partial charge in [0, 0.05) is 11.1 Å². The smallest absolute Gasteiger partial charge is 0.127 e. The van der Waals surface area contributed by atoms with Crippen molar-refractivity contribution in [2.45, 2.75) is 105 Å². The lowest BCUT2D eigenvalue weighted by Gasteiger charge is -2.32. The molecule has 0 saturated carbocycles. The van der Waals surface area contributed by atoms with Crippen LogP contribution in [0.25, 0.3) is 32.7 Å². The van der Waals surface area contributed by atoms with Crippen LogP contribution >= 0.6 is 7.92 Å². The Labute approximate surface area is 309 Å². The number of hydrogen-bond donors (Lipinski definition) is 0. The summed E-state index contributed by atoms with van der Waals surface area (Å²) in [4.78, 5) is 0. The van der Waals surface area contributed by atoms with E-state index in [-0.39, 0.29) is 21.7 Å². The first-order valence-corrected chi connectivity index (χ1v) is 19.8. The standard InChI is InChI=1S/C49H57OP/c1-46(2,3)34-26-35(47(4,5)6)29-38(28-34)51(39-30-36(48(7,8)9)27-37(31-39)49(10,11)12)43-25-23-33-19-15-17-21-41(33)45(43)44-40-20-16-14-18-32(40)22-24-42(44)50-13/h14-31H,1-13H3. The molecule has 6 aromatic carbocycles. The molecule has 2 heteroatoms. The molecule has 0 aromatic heterocycles. The van der Waals surface area contributed by atoms with Crippen LogP contribution in [-0.4, -0.2) is 7.11 Å². The fourth-order valence-electron chi connectivity index (χ4n) is 7.03. The lowest BCUT2D eigenvalue weighted by molar-refractivity contribution is 0.417. The Morgan fingerprint density at radius 3 is 1.18 bits per heavy atom. The van der Waals surface area contributed by atoms with Crippen LogP contribution in [0.5, 0.6) is 5.75 Å². The van der Waals surface area contributed by atoms with Crippen molar-refractivity contribution in [3.8, 4) is 16.9 Å². The lowest BCUT2D eigenvalue weighted by Crippen LogP contribution is -2.28. The van der Waals surface area contributed by atoms with Crippen molar-refractivity contribution in [1.29, 1.82) is 0 Å². The van der Waals surface area contributed by atoms with Crippen LogP contribution < -0.4 is 20.7 Å². The second-order valence-corrected chi connectivity index (χ2v) is 20.6. The molecule has 0 bridgehead atoms. The summed E-state index contributed by atoms with van der Waals surface area (Å²) in [6.07, 6.45) is 0. The van der Waals surface area contributed by atoms with E-state index in [9.17, 15) is 0 Å². The first-order valence-electron chi connectivity index (χ1n) is 18.5. The molecule has 6 aromatic rings. The largest absolute Gasteiger partial charge is 0.496 e. The predicted octanol–water partition coefficient (Wildman–Crippen LogP) is 12.6. The Morgan fingerprint density at radius 2 is 0.784 bits per heavy atom. The van der Waals surface area contributed by atoms with Gasteiger partial charge < -0.3 is 4.74 Å². The molecule has 0 saturated heterocycles. The molecule has 0 atom stereocenters. The van der Waals surface area contributed by atoms with Gasteiger partial charge in [-0.15, -0.1) is 0 Å². The highest BCUT2D eigenvalue weighted by atomic mass is 31.1. The first-order chi connectivity index (χ1) is 23.8. The molecule has 0 heterocycles. The van der Waals surface area contributed by atoms with Crippen LogP contribution in [-0.2, 0) is 21.7 Å². The Morgan fingerprint density at radius 1 is 0.412 bits per heavy atom. The van der Waals surface area contributed by atoms with Gasteiger partial charge in [0.25, 0.3) is 0 Å². The van der Waals surface area contributed by atoms with Crippen molar-refractivity contribution in [1.82, 2.24) is 0 Å². The van der Waals surface area contributed by atoms with Crippen LogP contribution in [0.1, 0.15) is 105 Å². The van der Waals surface area contributed by atoms with E-state index >= 15 is 0 Å². The highest BCUT2D eigenvalue weighted by Crippen LogP contribution is 2.47. The molecule has 0 aliphatic heterocycles. The van der Waals surface area contributed by atoms with Crippen molar-refractivity contribution in [3.63, 3.8) is 0 Å². The molecule has 0 radical (unpaired) electrons. The number of ether oxygens (including phenoxy) is 1. The van der Waals surface area contributed by atoms with Crippen molar-refractivity contribution < 1.29 is 4.74 Å². The second kappa shape index (κ2) is 13.2. The van der Waals surface area contributed by atoms with E-state index in [4.69, 9.17) is 4.74 Å². The van der Waals surface area contributed by atoms with Crippen LogP contribution in [0.2, 0.25) is 0 Å². The van der Waals surface area contributed by atoms with Gasteiger partial charge in [-0.1, -0.05) is 186 Å². The lowest BCUT2D eigenvalue weighted by atomic mass is 9.81. The Balaban J connectivity index is 1.85. The molecule has 51 heavy (non-hydrogen) atoms. The minimum absolute atomic E-state index is 0.00803. The Hall–Kier alpha value is -3.93. The van der Waals surface area contributed by atoms with Crippen LogP contribution in [0, 0.1) is 0 Å². The molecule has 0 unspecified atom stereocenters. The van der Waals surface area contributed by atoms with Gasteiger partial charge in [-0.05, 0) is 95.4 Å². The third-order valence-electron chi connectivity index (χ3n) is 10.3. The van der Waals surface area contributed by atoms with Gasteiger partial charge in [0.05, 0.1) is 7.11 Å². The van der Waals surface area contributed by atoms with E-state index < -0.39 is 7.92 Å². The summed E-state index contributed by atoms with van der Waals surface area (Å²) >= 11 is 0. The summed E-state index contributed by atoms with van der Waals surface area (Å²) in [5.41, 5.74) is 7.92. The summed E-state index contributed by atoms with van der Waals surface area (Å²) in [5.74, 6) is 0.902. The molecule has 0 spiro atoms. The number of benzene rings is 6. The average molecular weight is 693 g/mol. The van der Waals surface area contributed by atoms with Gasteiger partial charge in [-0.2, -0.15) is 0 Å². The maximum atomic E-state index is 6.27. The maximum absolute atomic E-state index is 6.27. The molecule has 0 aliphatic carbocycles. The van der Waals surface area contributed by atoms with E-state index in [1.807, 2.05) is 7.11 Å². The number of fused-ring (bicyclic) bond motifs is 2. The zero-order valence-electron chi connectivity index (χ0n) is 33.2. The molecule has 0 amide bonds. The zero-order valence-corrected chi connectivity index (χ0v) is 34.1. The van der Waals surface area contributed by atoms with Crippen LogP contribution in [0.15, 0.2) is 109 Å². The predicted molar refractivity (Wildman–Crippen MR) is 227 cm³/mol. The number of methoxy groups -OCH3 is 1. The highest BCUT2D eigenvalue weighted by Gasteiger charge is 2.30. The van der Waals surface area contributed by atoms with E-state index in [1.165, 1.54) is 70.8 Å². The first kappa shape index (κ1) is 36.8. The van der Waals surface area contributed by atoms with Crippen molar-refractivity contribution in [2.75, 3.05) is 7.11 Å². The van der Waals surface area contributed by atoms with Crippen LogP contribution in [0.3, 0.4) is 0 Å². The Bertz CT molecular complexity index is 2090. The van der Waals surface area contributed by atoms with Gasteiger partial charge >= 0.3 is 0 Å². The number of rotatable bonds is 5. The van der Waals surface area contributed by atoms with Crippen LogP contribution in [0.4, 0.5) is 0 Å². The van der Waals surface area contributed by atoms with E-state index in [2.05, 4.69) is 192 Å². The van der Waals surface area contributed by atoms with Crippen molar-refractivity contribution in [2.24, 2.45) is 0 Å². The van der Waals surface area contributed by atoms with Gasteiger partial charge in [0.2, 0.25) is 0 Å². The summed E-state index contributed by atoms with van der Waals surface area (Å²) in [7, 11) is 0.766. The quantitative estimate of drug-likeness (QED) is 0.163. The van der Waals surface area contributed by atoms with E-state index in [0.29, 0.717) is 0 Å². The molecule has 0 fully saturated rings. The topological polar surface area (TPSA) is 9.23 Å². The van der Waals surface area contributed by atoms with Gasteiger partial charge in [-0.3, -0.25) is 0 Å². The summed E-state index contributed by atoms with van der Waals surface area (Å²) in [6, 6.07) is 41.8. The average Bonchev–Trinajstić information content (AvgIpc) is 3.06. The Kier molecular flexibility index (Phi) is 9.57. The summed E-state index contributed by atoms with van der Waals surface area (Å²) < 4.78 is 6.27. The van der Waals surface area contributed by atoms with Gasteiger partial charge in [-0.25, -0.2) is 0 Å².